The maximum atomic E-state index is 11.8. The number of amides is 1. The van der Waals surface area contributed by atoms with E-state index in [1.165, 1.54) is 0 Å². The van der Waals surface area contributed by atoms with Crippen LogP contribution in [0, 0.1) is 6.92 Å². The Balaban J connectivity index is 2.07. The third-order valence-corrected chi connectivity index (χ3v) is 3.17. The van der Waals surface area contributed by atoms with Crippen LogP contribution in [-0.2, 0) is 9.53 Å². The van der Waals surface area contributed by atoms with Crippen molar-refractivity contribution in [1.29, 1.82) is 0 Å². The summed E-state index contributed by atoms with van der Waals surface area (Å²) in [5, 5.41) is 2.90. The third-order valence-electron chi connectivity index (χ3n) is 2.68. The van der Waals surface area contributed by atoms with Gasteiger partial charge in [0.25, 0.3) is 5.91 Å². The number of ether oxygens (including phenoxy) is 1. The lowest BCUT2D eigenvalue weighted by atomic mass is 10.2. The van der Waals surface area contributed by atoms with Gasteiger partial charge in [-0.25, -0.2) is 0 Å². The van der Waals surface area contributed by atoms with Gasteiger partial charge < -0.3 is 10.1 Å². The summed E-state index contributed by atoms with van der Waals surface area (Å²) in [7, 11) is 0. The van der Waals surface area contributed by atoms with Crippen LogP contribution in [0.3, 0.4) is 0 Å². The molecule has 0 unspecified atom stereocenters. The van der Waals surface area contributed by atoms with Crippen LogP contribution in [0.5, 0.6) is 0 Å². The molecule has 0 saturated carbocycles. The second-order valence-corrected chi connectivity index (χ2v) is 4.87. The molecule has 1 fully saturated rings. The number of nitrogens with one attached hydrogen (secondary N) is 1. The molecule has 1 N–H and O–H groups in total. The largest absolute Gasteiger partial charge is 0.368 e. The second-order valence-electron chi connectivity index (χ2n) is 3.95. The molecule has 1 aliphatic heterocycles. The van der Waals surface area contributed by atoms with Crippen molar-refractivity contribution in [3.05, 3.63) is 28.2 Å². The SMILES string of the molecule is Cc1ccc(Br)cc1NC(=O)[C@@H]1CCCO1. The molecule has 16 heavy (non-hydrogen) atoms. The Labute approximate surface area is 103 Å². The van der Waals surface area contributed by atoms with Crippen LogP contribution in [0.15, 0.2) is 22.7 Å². The zero-order valence-corrected chi connectivity index (χ0v) is 10.7. The Hall–Kier alpha value is -0.870. The number of hydrogen-bond acceptors (Lipinski definition) is 2. The van der Waals surface area contributed by atoms with E-state index in [1.54, 1.807) is 0 Å². The lowest BCUT2D eigenvalue weighted by Crippen LogP contribution is -2.27. The van der Waals surface area contributed by atoms with Gasteiger partial charge in [-0.05, 0) is 37.5 Å². The van der Waals surface area contributed by atoms with E-state index in [0.717, 1.165) is 28.6 Å². The van der Waals surface area contributed by atoms with Crippen LogP contribution in [-0.4, -0.2) is 18.6 Å². The number of carbonyl (C=O) groups excluding carboxylic acids is 1. The fourth-order valence-electron chi connectivity index (χ4n) is 1.73. The molecular formula is C12H14BrNO2. The van der Waals surface area contributed by atoms with Gasteiger partial charge in [-0.2, -0.15) is 0 Å². The minimum absolute atomic E-state index is 0.0429. The first-order valence-electron chi connectivity index (χ1n) is 5.35. The van der Waals surface area contributed by atoms with E-state index in [1.807, 2.05) is 25.1 Å². The summed E-state index contributed by atoms with van der Waals surface area (Å²) in [6, 6.07) is 5.83. The molecule has 0 aliphatic carbocycles. The van der Waals surface area contributed by atoms with Gasteiger partial charge in [-0.1, -0.05) is 22.0 Å². The predicted molar refractivity (Wildman–Crippen MR) is 66.5 cm³/mol. The Morgan fingerprint density at radius 3 is 3.06 bits per heavy atom. The van der Waals surface area contributed by atoms with Crippen LogP contribution in [0.1, 0.15) is 18.4 Å². The average Bonchev–Trinajstić information content (AvgIpc) is 2.76. The maximum absolute atomic E-state index is 11.8. The number of carbonyl (C=O) groups is 1. The summed E-state index contributed by atoms with van der Waals surface area (Å²) in [5.41, 5.74) is 1.89. The summed E-state index contributed by atoms with van der Waals surface area (Å²) in [6.07, 6.45) is 1.51. The number of rotatable bonds is 2. The van der Waals surface area contributed by atoms with Crippen LogP contribution in [0.4, 0.5) is 5.69 Å². The summed E-state index contributed by atoms with van der Waals surface area (Å²) in [4.78, 5) is 11.8. The highest BCUT2D eigenvalue weighted by molar-refractivity contribution is 9.10. The van der Waals surface area contributed by atoms with Crippen molar-refractivity contribution < 1.29 is 9.53 Å². The van der Waals surface area contributed by atoms with Gasteiger partial charge in [0.15, 0.2) is 0 Å². The van der Waals surface area contributed by atoms with Crippen LogP contribution in [0.2, 0.25) is 0 Å². The molecule has 1 aromatic rings. The molecule has 2 rings (SSSR count). The lowest BCUT2D eigenvalue weighted by Gasteiger charge is -2.12. The van der Waals surface area contributed by atoms with Gasteiger partial charge in [0, 0.05) is 16.8 Å². The van der Waals surface area contributed by atoms with Crippen molar-refractivity contribution in [3.8, 4) is 0 Å². The minimum atomic E-state index is -0.279. The van der Waals surface area contributed by atoms with E-state index in [9.17, 15) is 4.79 Å². The van der Waals surface area contributed by atoms with E-state index in [2.05, 4.69) is 21.2 Å². The molecule has 1 aromatic carbocycles. The zero-order valence-electron chi connectivity index (χ0n) is 9.13. The predicted octanol–water partition coefficient (Wildman–Crippen LogP) is 2.88. The molecule has 0 bridgehead atoms. The molecule has 4 heteroatoms. The van der Waals surface area contributed by atoms with E-state index < -0.39 is 0 Å². The van der Waals surface area contributed by atoms with E-state index in [0.29, 0.717) is 6.61 Å². The number of aryl methyl sites for hydroxylation is 1. The normalized spacial score (nSPS) is 19.8. The highest BCUT2D eigenvalue weighted by Crippen LogP contribution is 2.22. The molecule has 3 nitrogen and oxygen atoms in total. The van der Waals surface area contributed by atoms with Gasteiger partial charge in [0.05, 0.1) is 0 Å². The van der Waals surface area contributed by atoms with Crippen molar-refractivity contribution in [2.24, 2.45) is 0 Å². The number of halogens is 1. The van der Waals surface area contributed by atoms with Gasteiger partial charge in [0.1, 0.15) is 6.10 Å². The van der Waals surface area contributed by atoms with Crippen molar-refractivity contribution >= 4 is 27.5 Å². The smallest absolute Gasteiger partial charge is 0.253 e. The van der Waals surface area contributed by atoms with E-state index >= 15 is 0 Å². The van der Waals surface area contributed by atoms with Gasteiger partial charge in [-0.3, -0.25) is 4.79 Å². The van der Waals surface area contributed by atoms with Crippen molar-refractivity contribution in [1.82, 2.24) is 0 Å². The summed E-state index contributed by atoms with van der Waals surface area (Å²) in [6.45, 7) is 2.66. The number of benzene rings is 1. The topological polar surface area (TPSA) is 38.3 Å². The molecule has 1 amide bonds. The van der Waals surface area contributed by atoms with Crippen molar-refractivity contribution in [2.75, 3.05) is 11.9 Å². The average molecular weight is 284 g/mol. The lowest BCUT2D eigenvalue weighted by molar-refractivity contribution is -0.124. The second kappa shape index (κ2) is 4.97. The molecule has 0 radical (unpaired) electrons. The molecule has 1 atom stereocenters. The minimum Gasteiger partial charge on any atom is -0.368 e. The van der Waals surface area contributed by atoms with Crippen molar-refractivity contribution in [2.45, 2.75) is 25.9 Å². The first-order chi connectivity index (χ1) is 7.66. The van der Waals surface area contributed by atoms with Gasteiger partial charge in [0.2, 0.25) is 0 Å². The Kier molecular flexibility index (Phi) is 3.61. The van der Waals surface area contributed by atoms with Gasteiger partial charge >= 0.3 is 0 Å². The van der Waals surface area contributed by atoms with Crippen LogP contribution < -0.4 is 5.32 Å². The standard InChI is InChI=1S/C12H14BrNO2/c1-8-4-5-9(13)7-10(8)14-12(15)11-3-2-6-16-11/h4-5,7,11H,2-3,6H2,1H3,(H,14,15)/t11-/m0/s1. The Morgan fingerprint density at radius 2 is 2.38 bits per heavy atom. The highest BCUT2D eigenvalue weighted by atomic mass is 79.9. The fraction of sp³-hybridized carbons (Fsp3) is 0.417. The Bertz CT molecular complexity index is 400. The van der Waals surface area contributed by atoms with E-state index in [-0.39, 0.29) is 12.0 Å². The molecule has 1 heterocycles. The van der Waals surface area contributed by atoms with Crippen LogP contribution >= 0.6 is 15.9 Å². The molecule has 0 spiro atoms. The molecule has 86 valence electrons. The third kappa shape index (κ3) is 2.62. The van der Waals surface area contributed by atoms with E-state index in [4.69, 9.17) is 4.74 Å². The monoisotopic (exact) mass is 283 g/mol. The molecular weight excluding hydrogens is 270 g/mol. The van der Waals surface area contributed by atoms with Crippen molar-refractivity contribution in [3.63, 3.8) is 0 Å². The Morgan fingerprint density at radius 1 is 1.56 bits per heavy atom. The highest BCUT2D eigenvalue weighted by Gasteiger charge is 2.23. The number of anilines is 1. The fourth-order valence-corrected chi connectivity index (χ4v) is 2.09. The maximum Gasteiger partial charge on any atom is 0.253 e. The zero-order chi connectivity index (χ0) is 11.5. The summed E-state index contributed by atoms with van der Waals surface area (Å²) >= 11 is 3.39. The van der Waals surface area contributed by atoms with Crippen LogP contribution in [0.25, 0.3) is 0 Å². The quantitative estimate of drug-likeness (QED) is 0.906. The summed E-state index contributed by atoms with van der Waals surface area (Å²) in [5.74, 6) is -0.0429. The first-order valence-corrected chi connectivity index (χ1v) is 6.15. The molecule has 1 aliphatic rings. The number of hydrogen-bond donors (Lipinski definition) is 1. The first kappa shape index (κ1) is 11.6. The van der Waals surface area contributed by atoms with Gasteiger partial charge in [-0.15, -0.1) is 0 Å². The molecule has 0 aromatic heterocycles. The molecule has 1 saturated heterocycles. The summed E-state index contributed by atoms with van der Waals surface area (Å²) < 4.78 is 6.29.